The van der Waals surface area contributed by atoms with Gasteiger partial charge in [-0.3, -0.25) is 12.5 Å². The Bertz CT molecular complexity index is 2650. The quantitative estimate of drug-likeness (QED) is 0.0770. The minimum atomic E-state index is -5.17. The number of fused-ring (bicyclic) bond motifs is 8. The van der Waals surface area contributed by atoms with Gasteiger partial charge in [-0.2, -0.15) is 0 Å². The van der Waals surface area contributed by atoms with Gasteiger partial charge in [-0.15, -0.1) is 0 Å². The molecule has 0 bridgehead atoms. The predicted octanol–water partition coefficient (Wildman–Crippen LogP) is -1.24. The molecule has 0 spiro atoms. The summed E-state index contributed by atoms with van der Waals surface area (Å²) in [6.07, 6.45) is 2.53. The van der Waals surface area contributed by atoms with E-state index in [1.54, 1.807) is 0 Å². The molecule has 23 heteroatoms. The number of aliphatic hydroxyl groups excluding tert-OH is 3. The van der Waals surface area contributed by atoms with E-state index in [0.29, 0.717) is 19.3 Å². The summed E-state index contributed by atoms with van der Waals surface area (Å²) in [4.78, 5) is 0. The van der Waals surface area contributed by atoms with E-state index in [9.17, 15) is 59.3 Å². The van der Waals surface area contributed by atoms with Gasteiger partial charge in [-0.25, -0.2) is 25.3 Å². The van der Waals surface area contributed by atoms with Crippen LogP contribution in [0.5, 0.6) is 0 Å². The van der Waals surface area contributed by atoms with E-state index in [0.717, 1.165) is 68.9 Å². The topological polar surface area (TPSA) is 289 Å². The SMILES string of the molecule is C[C@H](CCC1OC([C@@H](C)[C@H]2CC[C@H]3C4=C(CC[C@]23C)[C@@]2(C)C[C@H](O)[C@H](O)[C@H](C)C2[C@@H](OS(=O)(=O)[O-])C4)C[C@H](C)C(C)(C)CC1(C)O)[C@H]1CCC2=C3C[C@H](OS(=O)(=O)[O-])C4C[C@@H](O)[C@@H](OS(=O)(=O)[O-])C[C@]4(C)[C@H]3CC[C@@]21C.[Na+].[Na+].[Na+]. The minimum Gasteiger partial charge on any atom is -0.726 e. The van der Waals surface area contributed by atoms with Crippen LogP contribution in [0.25, 0.3) is 0 Å². The molecule has 79 heavy (non-hydrogen) atoms. The maximum Gasteiger partial charge on any atom is 1.00 e. The molecule has 1 saturated heterocycles. The average molecular weight is 1200 g/mol. The number of rotatable bonds is 12. The first-order chi connectivity index (χ1) is 34.8. The number of ether oxygens (including phenoxy) is 1. The van der Waals surface area contributed by atoms with Gasteiger partial charge in [0.25, 0.3) is 0 Å². The maximum atomic E-state index is 12.7. The fraction of sp³-hybridized carbons (Fsp3) is 0.929. The predicted molar refractivity (Wildman–Crippen MR) is 277 cm³/mol. The van der Waals surface area contributed by atoms with Gasteiger partial charge in [0.1, 0.15) is 6.10 Å². The molecule has 0 amide bonds. The Morgan fingerprint density at radius 3 is 1.82 bits per heavy atom. The Morgan fingerprint density at radius 2 is 1.22 bits per heavy atom. The summed E-state index contributed by atoms with van der Waals surface area (Å²) in [6.45, 7) is 23.7. The number of aliphatic hydroxyl groups is 4. The van der Waals surface area contributed by atoms with Crippen molar-refractivity contribution in [2.75, 3.05) is 0 Å². The van der Waals surface area contributed by atoms with Gasteiger partial charge >= 0.3 is 88.7 Å². The normalized spacial score (nSPS) is 46.7. The largest absolute Gasteiger partial charge is 1.00 e. The molecule has 1 heterocycles. The summed E-state index contributed by atoms with van der Waals surface area (Å²) < 4.78 is 132. The van der Waals surface area contributed by atoms with Crippen molar-refractivity contribution >= 4 is 31.2 Å². The van der Waals surface area contributed by atoms with Gasteiger partial charge in [0.05, 0.1) is 48.3 Å². The van der Waals surface area contributed by atoms with E-state index in [2.05, 4.69) is 55.4 Å². The van der Waals surface area contributed by atoms with Crippen LogP contribution in [0, 0.1) is 86.3 Å². The number of hydrogen-bond donors (Lipinski definition) is 4. The van der Waals surface area contributed by atoms with Crippen LogP contribution >= 0.6 is 0 Å². The molecule has 5 unspecified atom stereocenters. The Morgan fingerprint density at radius 1 is 0.658 bits per heavy atom. The van der Waals surface area contributed by atoms with Crippen molar-refractivity contribution in [1.82, 2.24) is 0 Å². The molecule has 0 aromatic heterocycles. The second kappa shape index (κ2) is 24.4. The molecule has 8 aliphatic carbocycles. The molecule has 1 aliphatic heterocycles. The monoisotopic (exact) mass is 1200 g/mol. The van der Waals surface area contributed by atoms with Crippen molar-refractivity contribution in [2.45, 2.75) is 240 Å². The summed E-state index contributed by atoms with van der Waals surface area (Å²) in [7, 11) is -15.4. The molecule has 436 valence electrons. The van der Waals surface area contributed by atoms with E-state index in [1.165, 1.54) is 11.1 Å². The summed E-state index contributed by atoms with van der Waals surface area (Å²) in [6, 6.07) is 0. The summed E-state index contributed by atoms with van der Waals surface area (Å²) in [5, 5.41) is 45.9. The first-order valence-electron chi connectivity index (χ1n) is 28.6. The summed E-state index contributed by atoms with van der Waals surface area (Å²) in [5.74, 6) is -0.636. The standard InChI is InChI=1S/C56H92O17S3.3Na/c1-29(35-13-15-37-33-23-45(71-74(61,62)63)41-25-42(57)47(73-76(67,68)69)27-54(41,9)39(33)18-20-52(35,37)7)12-17-48-56(11,60)28-51(5,6)30(2)22-44(70-48)31(3)36-14-16-38-34-24-46(72-75(64,65)66)49-32(4)50(59)43(58)26-55(49,10)40(34)19-21-53(36,38)8;;;/h29-32,35-36,38-39,41-50,57-60H,12-28H2,1-11H3,(H,61,62,63)(H,64,65,66)(H,67,68,69);;;/q;3*+1/p-3/t29-,30+,31+,32-,35-,36-,38+,39+,41?,42-,43+,44?,45+,46+,47+,48?,49?,50-,52-,53-,54-,55-,56?;;;/m1.../s1. The number of allylic oxidation sites excluding steroid dienone is 2. The molecule has 0 aromatic rings. The molecule has 17 nitrogen and oxygen atoms in total. The molecule has 23 atom stereocenters. The third-order valence-corrected chi connectivity index (χ3v) is 25.3. The van der Waals surface area contributed by atoms with Gasteiger partial charge in [0.15, 0.2) is 0 Å². The molecule has 4 N–H and O–H groups in total. The second-order valence-corrected chi connectivity index (χ2v) is 31.4. The summed E-state index contributed by atoms with van der Waals surface area (Å²) in [5.41, 5.74) is 1.30. The Kier molecular flexibility index (Phi) is 21.6. The van der Waals surface area contributed by atoms with Crippen LogP contribution in [-0.2, 0) is 48.5 Å². The Labute approximate surface area is 539 Å². The Balaban J connectivity index is 0.00000336. The van der Waals surface area contributed by atoms with Gasteiger partial charge in [-0.1, -0.05) is 91.5 Å². The molecule has 5 saturated carbocycles. The van der Waals surface area contributed by atoms with Crippen LogP contribution in [0.2, 0.25) is 0 Å². The first kappa shape index (κ1) is 70.0. The van der Waals surface area contributed by atoms with Crippen LogP contribution in [-0.4, -0.2) is 114 Å². The van der Waals surface area contributed by atoms with Crippen molar-refractivity contribution in [3.05, 3.63) is 22.3 Å². The molecule has 6 fully saturated rings. The molecule has 0 radical (unpaired) electrons. The van der Waals surface area contributed by atoms with Crippen LogP contribution in [0.15, 0.2) is 22.3 Å². The van der Waals surface area contributed by atoms with Gasteiger partial charge in [-0.05, 0) is 196 Å². The first-order valence-corrected chi connectivity index (χ1v) is 32.6. The zero-order valence-corrected chi connectivity index (χ0v) is 58.2. The van der Waals surface area contributed by atoms with E-state index in [4.69, 9.17) is 17.3 Å². The number of hydrogen-bond acceptors (Lipinski definition) is 17. The van der Waals surface area contributed by atoms with Crippen molar-refractivity contribution in [3.8, 4) is 0 Å². The molecule has 0 aromatic carbocycles. The maximum absolute atomic E-state index is 12.7. The van der Waals surface area contributed by atoms with E-state index < -0.39 is 108 Å². The third-order valence-electron chi connectivity index (χ3n) is 23.8. The van der Waals surface area contributed by atoms with Crippen LogP contribution < -0.4 is 88.7 Å². The molecular formula is C56H89Na3O17S3. The smallest absolute Gasteiger partial charge is 0.726 e. The molecule has 9 aliphatic rings. The fourth-order valence-electron chi connectivity index (χ4n) is 20.1. The second-order valence-electron chi connectivity index (χ2n) is 28.4. The van der Waals surface area contributed by atoms with Crippen LogP contribution in [0.1, 0.15) is 185 Å². The van der Waals surface area contributed by atoms with Crippen molar-refractivity contribution in [3.63, 3.8) is 0 Å². The Hall–Kier alpha value is 1.89. The zero-order chi connectivity index (χ0) is 56.1. The van der Waals surface area contributed by atoms with Crippen molar-refractivity contribution < 1.29 is 165 Å². The average Bonchev–Trinajstić information content (AvgIpc) is 3.81. The van der Waals surface area contributed by atoms with Gasteiger partial charge < -0.3 is 38.8 Å². The van der Waals surface area contributed by atoms with E-state index in [1.807, 2.05) is 20.8 Å². The fourth-order valence-corrected chi connectivity index (χ4v) is 21.6. The third kappa shape index (κ3) is 13.2. The molecular weight excluding hydrogens is 1110 g/mol. The minimum absolute atomic E-state index is 0. The van der Waals surface area contributed by atoms with E-state index in [-0.39, 0.29) is 185 Å². The molecule has 9 rings (SSSR count). The summed E-state index contributed by atoms with van der Waals surface area (Å²) >= 11 is 0. The van der Waals surface area contributed by atoms with Crippen molar-refractivity contribution in [1.29, 1.82) is 0 Å². The van der Waals surface area contributed by atoms with Crippen molar-refractivity contribution in [2.24, 2.45) is 86.3 Å². The van der Waals surface area contributed by atoms with E-state index >= 15 is 0 Å². The van der Waals surface area contributed by atoms with Gasteiger partial charge in [0.2, 0.25) is 31.2 Å². The van der Waals surface area contributed by atoms with Crippen LogP contribution in [0.3, 0.4) is 0 Å². The van der Waals surface area contributed by atoms with Gasteiger partial charge in [0, 0.05) is 5.92 Å². The van der Waals surface area contributed by atoms with Crippen LogP contribution in [0.4, 0.5) is 0 Å². The zero-order valence-electron chi connectivity index (χ0n) is 49.7.